The van der Waals surface area contributed by atoms with Crippen LogP contribution in [0.1, 0.15) is 213 Å². The van der Waals surface area contributed by atoms with Gasteiger partial charge in [0, 0.05) is 6.42 Å². The zero-order chi connectivity index (χ0) is 61.6. The van der Waals surface area contributed by atoms with E-state index in [1.54, 1.807) is 6.08 Å². The molecule has 2 aliphatic heterocycles. The highest BCUT2D eigenvalue weighted by Gasteiger charge is 2.51. The molecule has 0 aliphatic carbocycles. The molecule has 14 nitrogen and oxygen atoms in total. The topological polar surface area (TPSA) is 228 Å². The van der Waals surface area contributed by atoms with Crippen LogP contribution in [0.2, 0.25) is 0 Å². The third-order valence-electron chi connectivity index (χ3n) is 15.0. The van der Waals surface area contributed by atoms with E-state index in [-0.39, 0.29) is 18.9 Å². The van der Waals surface area contributed by atoms with E-state index >= 15 is 0 Å². The second-order valence-corrected chi connectivity index (χ2v) is 22.5. The van der Waals surface area contributed by atoms with E-state index in [1.807, 2.05) is 6.08 Å². The molecule has 12 unspecified atom stereocenters. The molecule has 14 heteroatoms. The summed E-state index contributed by atoms with van der Waals surface area (Å²) in [6.07, 6.45) is 63.5. The average molecular weight is 1190 g/mol. The van der Waals surface area contributed by atoms with Gasteiger partial charge in [-0.15, -0.1) is 0 Å². The van der Waals surface area contributed by atoms with Crippen molar-refractivity contribution in [1.29, 1.82) is 0 Å². The lowest BCUT2D eigenvalue weighted by molar-refractivity contribution is -0.359. The molecule has 0 bridgehead atoms. The summed E-state index contributed by atoms with van der Waals surface area (Å²) >= 11 is 0. The van der Waals surface area contributed by atoms with E-state index < -0.39 is 86.8 Å². The molecule has 0 aromatic carbocycles. The quantitative estimate of drug-likeness (QED) is 0.0204. The van der Waals surface area contributed by atoms with E-state index in [4.69, 9.17) is 18.9 Å². The van der Waals surface area contributed by atoms with Crippen molar-refractivity contribution < 1.29 is 64.6 Å². The molecule has 9 N–H and O–H groups in total. The Balaban J connectivity index is 1.72. The number of carbonyl (C=O) groups excluding carboxylic acids is 1. The summed E-state index contributed by atoms with van der Waals surface area (Å²) in [5, 5.41) is 87.2. The summed E-state index contributed by atoms with van der Waals surface area (Å²) in [5.41, 5.74) is 0. The molecule has 484 valence electrons. The smallest absolute Gasteiger partial charge is 0.220 e. The summed E-state index contributed by atoms with van der Waals surface area (Å²) in [7, 11) is 0. The number of aliphatic hydroxyl groups excluding tert-OH is 8. The summed E-state index contributed by atoms with van der Waals surface area (Å²) in [6.45, 7) is 2.64. The van der Waals surface area contributed by atoms with Gasteiger partial charge in [0.05, 0.1) is 32.0 Å². The van der Waals surface area contributed by atoms with Gasteiger partial charge in [-0.25, -0.2) is 0 Å². The second-order valence-electron chi connectivity index (χ2n) is 22.5. The summed E-state index contributed by atoms with van der Waals surface area (Å²) in [4.78, 5) is 13.3. The van der Waals surface area contributed by atoms with Crippen LogP contribution in [0, 0.1) is 0 Å². The summed E-state index contributed by atoms with van der Waals surface area (Å²) in [6, 6.07) is -0.953. The van der Waals surface area contributed by atoms with Crippen molar-refractivity contribution in [3.63, 3.8) is 0 Å². The number of allylic oxidation sites excluding steroid dienone is 21. The fraction of sp³-hybridized carbons (Fsp3) is 0.676. The van der Waals surface area contributed by atoms with Crippen LogP contribution in [0.15, 0.2) is 134 Å². The van der Waals surface area contributed by atoms with Gasteiger partial charge in [0.2, 0.25) is 5.91 Å². The number of ether oxygens (including phenoxy) is 4. The lowest BCUT2D eigenvalue weighted by atomic mass is 9.97. The maximum Gasteiger partial charge on any atom is 0.220 e. The van der Waals surface area contributed by atoms with Crippen molar-refractivity contribution in [3.8, 4) is 0 Å². The fourth-order valence-corrected chi connectivity index (χ4v) is 9.81. The van der Waals surface area contributed by atoms with Gasteiger partial charge in [0.25, 0.3) is 0 Å². The van der Waals surface area contributed by atoms with Crippen molar-refractivity contribution in [1.82, 2.24) is 5.32 Å². The predicted molar refractivity (Wildman–Crippen MR) is 345 cm³/mol. The third kappa shape index (κ3) is 38.9. The molecule has 0 aromatic heterocycles. The van der Waals surface area contributed by atoms with Crippen LogP contribution in [0.4, 0.5) is 0 Å². The molecule has 2 heterocycles. The van der Waals surface area contributed by atoms with Crippen molar-refractivity contribution in [3.05, 3.63) is 134 Å². The maximum absolute atomic E-state index is 13.3. The van der Waals surface area contributed by atoms with Gasteiger partial charge in [-0.05, 0) is 109 Å². The van der Waals surface area contributed by atoms with Crippen molar-refractivity contribution in [2.45, 2.75) is 286 Å². The van der Waals surface area contributed by atoms with Crippen LogP contribution >= 0.6 is 0 Å². The first-order chi connectivity index (χ1) is 41.6. The van der Waals surface area contributed by atoms with Crippen molar-refractivity contribution in [2.24, 2.45) is 0 Å². The normalized spacial score (nSPS) is 24.4. The fourth-order valence-electron chi connectivity index (χ4n) is 9.81. The Morgan fingerprint density at radius 2 is 0.824 bits per heavy atom. The molecule has 1 amide bonds. The van der Waals surface area contributed by atoms with E-state index in [2.05, 4.69) is 141 Å². The van der Waals surface area contributed by atoms with Gasteiger partial charge in [-0.1, -0.05) is 231 Å². The lowest BCUT2D eigenvalue weighted by Gasteiger charge is -2.46. The zero-order valence-electron chi connectivity index (χ0n) is 52.3. The molecule has 2 saturated heterocycles. The zero-order valence-corrected chi connectivity index (χ0v) is 52.3. The molecule has 2 fully saturated rings. The summed E-state index contributed by atoms with van der Waals surface area (Å²) < 4.78 is 22.8. The van der Waals surface area contributed by atoms with E-state index in [0.29, 0.717) is 12.8 Å². The first-order valence-electron chi connectivity index (χ1n) is 32.9. The highest BCUT2D eigenvalue weighted by molar-refractivity contribution is 5.76. The van der Waals surface area contributed by atoms with Gasteiger partial charge < -0.3 is 65.1 Å². The van der Waals surface area contributed by atoms with E-state index in [0.717, 1.165) is 109 Å². The van der Waals surface area contributed by atoms with Crippen LogP contribution in [-0.2, 0) is 23.7 Å². The Bertz CT molecular complexity index is 1940. The van der Waals surface area contributed by atoms with Crippen LogP contribution < -0.4 is 5.32 Å². The van der Waals surface area contributed by atoms with Crippen molar-refractivity contribution >= 4 is 5.91 Å². The molecule has 2 rings (SSSR count). The predicted octanol–water partition coefficient (Wildman–Crippen LogP) is 12.7. The van der Waals surface area contributed by atoms with Crippen LogP contribution in [0.5, 0.6) is 0 Å². The first kappa shape index (κ1) is 77.2. The molecule has 2 aliphatic rings. The molecular weight excluding hydrogens is 1070 g/mol. The lowest BCUT2D eigenvalue weighted by Crippen LogP contribution is -2.65. The largest absolute Gasteiger partial charge is 0.394 e. The van der Waals surface area contributed by atoms with E-state index in [1.165, 1.54) is 70.6 Å². The molecule has 0 spiro atoms. The Morgan fingerprint density at radius 1 is 0.435 bits per heavy atom. The molecule has 0 radical (unpaired) electrons. The Hall–Kier alpha value is -3.87. The number of unbranched alkanes of at least 4 members (excludes halogenated alkanes) is 18. The first-order valence-corrected chi connectivity index (χ1v) is 32.9. The molecule has 12 atom stereocenters. The minimum Gasteiger partial charge on any atom is -0.394 e. The molecule has 85 heavy (non-hydrogen) atoms. The number of hydrogen-bond acceptors (Lipinski definition) is 13. The van der Waals surface area contributed by atoms with Crippen LogP contribution in [0.3, 0.4) is 0 Å². The SMILES string of the molecule is CC/C=C\C/C=C\C/C=C\C/C=C\C/C=C\C/C=C\C/C=C\C/C=C\CCCCCCCCCCC(=O)NC(COC1OC(CO)C(OC2OC(CO)C(O)C(O)C2O)C(O)C1O)C(O)/C=C/CC/C=C/CC/C=C/CCCCCCCCCC. The van der Waals surface area contributed by atoms with Crippen LogP contribution in [-0.4, -0.2) is 140 Å². The minimum absolute atomic E-state index is 0.251. The van der Waals surface area contributed by atoms with Gasteiger partial charge in [0.1, 0.15) is 48.8 Å². The second kappa shape index (κ2) is 54.3. The van der Waals surface area contributed by atoms with Crippen LogP contribution in [0.25, 0.3) is 0 Å². The minimum atomic E-state index is -1.80. The molecular formula is C71H117NO13. The number of rotatable bonds is 51. The number of nitrogens with one attached hydrogen (secondary N) is 1. The number of aliphatic hydroxyl groups is 8. The Labute approximate surface area is 513 Å². The highest BCUT2D eigenvalue weighted by atomic mass is 16.7. The van der Waals surface area contributed by atoms with E-state index in [9.17, 15) is 45.6 Å². The highest BCUT2D eigenvalue weighted by Crippen LogP contribution is 2.30. The molecule has 0 aromatic rings. The van der Waals surface area contributed by atoms with Crippen molar-refractivity contribution in [2.75, 3.05) is 19.8 Å². The Kier molecular flexibility index (Phi) is 49.3. The monoisotopic (exact) mass is 1190 g/mol. The number of carbonyl (C=O) groups is 1. The summed E-state index contributed by atoms with van der Waals surface area (Å²) in [5.74, 6) is -0.268. The number of amides is 1. The van der Waals surface area contributed by atoms with Gasteiger partial charge in [-0.3, -0.25) is 4.79 Å². The number of hydrogen-bond donors (Lipinski definition) is 9. The third-order valence-corrected chi connectivity index (χ3v) is 15.0. The average Bonchev–Trinajstić information content (AvgIpc) is 3.29. The van der Waals surface area contributed by atoms with Gasteiger partial charge >= 0.3 is 0 Å². The standard InChI is InChI=1S/C71H117NO13/c1-3-5-7-9-11-13-15-17-19-21-23-24-25-26-27-28-29-30-31-32-33-34-35-36-37-39-41-43-45-47-49-51-53-55-63(76)72-59(60(75)54-52-50-48-46-44-42-40-38-22-20-18-16-14-12-10-8-6-4-2)58-82-70-68(81)66(79)69(62(57-74)84-70)85-71-67(80)65(78)64(77)61(56-73)83-71/h5,7,11,13,17,19,22-24,26-27,29-30,32-33,35-36,38,44,46,52,54,59-62,64-71,73-75,77-81H,3-4,6,8-10,12,14-16,18,20-21,25,28,31,34,37,39-43,45,47-51,53,55-58H2,1-2H3,(H,72,76)/b7-5-,13-11-,19-17-,24-23-,27-26-,30-29-,33-32-,36-35-,38-22+,46-44+,54-52+. The van der Waals surface area contributed by atoms with Gasteiger partial charge in [0.15, 0.2) is 12.6 Å². The Morgan fingerprint density at radius 3 is 1.29 bits per heavy atom. The maximum atomic E-state index is 13.3. The van der Waals surface area contributed by atoms with Gasteiger partial charge in [-0.2, -0.15) is 0 Å². The molecule has 0 saturated carbocycles.